The van der Waals surface area contributed by atoms with E-state index in [9.17, 15) is 18.4 Å². The lowest BCUT2D eigenvalue weighted by Crippen LogP contribution is -2.37. The number of aromatic nitrogens is 4. The van der Waals surface area contributed by atoms with Gasteiger partial charge in [0.2, 0.25) is 17.6 Å². The van der Waals surface area contributed by atoms with Crippen LogP contribution in [0.2, 0.25) is 0 Å². The molecule has 2 aliphatic carbocycles. The first-order valence-electron chi connectivity index (χ1n) is 13.5. The SMILES string of the molecule is CCCC(=O)N[C@@H](c1cnn2cc([C@@H](NC(=O)c3oncc3CC)C3CCC(F)(F)CC3)nc2c1)C1CC1. The summed E-state index contributed by atoms with van der Waals surface area (Å²) >= 11 is 0. The van der Waals surface area contributed by atoms with Gasteiger partial charge in [0.1, 0.15) is 0 Å². The molecule has 0 bridgehead atoms. The Bertz CT molecular complexity index is 1290. The zero-order chi connectivity index (χ0) is 26.9. The molecule has 2 fully saturated rings. The van der Waals surface area contributed by atoms with E-state index in [1.165, 1.54) is 6.20 Å². The van der Waals surface area contributed by atoms with Gasteiger partial charge < -0.3 is 15.2 Å². The summed E-state index contributed by atoms with van der Waals surface area (Å²) in [7, 11) is 0. The minimum Gasteiger partial charge on any atom is -0.351 e. The van der Waals surface area contributed by atoms with E-state index < -0.39 is 17.9 Å². The van der Waals surface area contributed by atoms with Crippen molar-refractivity contribution in [2.75, 3.05) is 0 Å². The van der Waals surface area contributed by atoms with Crippen LogP contribution >= 0.6 is 0 Å². The van der Waals surface area contributed by atoms with Crippen molar-refractivity contribution in [2.24, 2.45) is 11.8 Å². The number of carbonyl (C=O) groups is 2. The Hall–Kier alpha value is -3.37. The van der Waals surface area contributed by atoms with Crippen molar-refractivity contribution < 1.29 is 22.9 Å². The fourth-order valence-corrected chi connectivity index (χ4v) is 5.34. The van der Waals surface area contributed by atoms with Crippen LogP contribution in [0.25, 0.3) is 5.65 Å². The fourth-order valence-electron chi connectivity index (χ4n) is 5.34. The van der Waals surface area contributed by atoms with Gasteiger partial charge in [-0.3, -0.25) is 9.59 Å². The molecule has 2 atom stereocenters. The summed E-state index contributed by atoms with van der Waals surface area (Å²) < 4.78 is 34.7. The van der Waals surface area contributed by atoms with E-state index in [2.05, 4.69) is 20.9 Å². The lowest BCUT2D eigenvalue weighted by Gasteiger charge is -2.33. The van der Waals surface area contributed by atoms with Gasteiger partial charge in [0, 0.05) is 24.8 Å². The maximum Gasteiger partial charge on any atom is 0.290 e. The molecule has 204 valence electrons. The molecule has 0 unspecified atom stereocenters. The van der Waals surface area contributed by atoms with Crippen LogP contribution in [0.1, 0.15) is 105 Å². The smallest absolute Gasteiger partial charge is 0.290 e. The standard InChI is InChI=1S/C27H34F2N6O3/c1-3-5-22(36)33-23(17-6-7-17)19-12-21-32-20(15-35(21)30-13-19)24(18-8-10-27(28,29)11-9-18)34-26(37)25-16(4-2)14-31-38-25/h12-15,17-18,23-24H,3-11H2,1-2H3,(H,33,36)(H,34,37)/t23-,24+/m1/s1. The van der Waals surface area contributed by atoms with Crippen molar-refractivity contribution in [2.45, 2.75) is 89.6 Å². The lowest BCUT2D eigenvalue weighted by molar-refractivity contribution is -0.122. The van der Waals surface area contributed by atoms with Crippen LogP contribution in [-0.4, -0.2) is 37.5 Å². The summed E-state index contributed by atoms with van der Waals surface area (Å²) in [5.41, 5.74) is 2.68. The fraction of sp³-hybridized carbons (Fsp3) is 0.593. The molecule has 3 heterocycles. The van der Waals surface area contributed by atoms with Gasteiger partial charge in [-0.15, -0.1) is 0 Å². The first kappa shape index (κ1) is 26.2. The Morgan fingerprint density at radius 1 is 1.11 bits per heavy atom. The van der Waals surface area contributed by atoms with Gasteiger partial charge in [-0.1, -0.05) is 19.0 Å². The third kappa shape index (κ3) is 5.71. The Balaban J connectivity index is 1.43. The minimum absolute atomic E-state index is 0.0176. The third-order valence-corrected chi connectivity index (χ3v) is 7.68. The minimum atomic E-state index is -2.69. The van der Waals surface area contributed by atoms with Crippen LogP contribution < -0.4 is 10.6 Å². The van der Waals surface area contributed by atoms with E-state index in [1.54, 1.807) is 16.9 Å². The van der Waals surface area contributed by atoms with E-state index in [4.69, 9.17) is 9.51 Å². The largest absolute Gasteiger partial charge is 0.351 e. The van der Waals surface area contributed by atoms with Gasteiger partial charge in [-0.05, 0) is 62.0 Å². The number of aryl methyl sites for hydroxylation is 1. The number of amides is 2. The summed E-state index contributed by atoms with van der Waals surface area (Å²) in [4.78, 5) is 30.3. The van der Waals surface area contributed by atoms with Crippen molar-refractivity contribution in [3.8, 4) is 0 Å². The Morgan fingerprint density at radius 3 is 2.53 bits per heavy atom. The summed E-state index contributed by atoms with van der Waals surface area (Å²) in [6.45, 7) is 3.87. The van der Waals surface area contributed by atoms with Gasteiger partial charge in [0.15, 0.2) is 5.65 Å². The number of nitrogens with zero attached hydrogens (tertiary/aromatic N) is 4. The summed E-state index contributed by atoms with van der Waals surface area (Å²) in [6.07, 6.45) is 8.95. The van der Waals surface area contributed by atoms with Gasteiger partial charge >= 0.3 is 0 Å². The first-order chi connectivity index (χ1) is 18.3. The molecule has 0 radical (unpaired) electrons. The highest BCUT2D eigenvalue weighted by molar-refractivity contribution is 5.93. The Morgan fingerprint density at radius 2 is 1.84 bits per heavy atom. The monoisotopic (exact) mass is 528 g/mol. The highest BCUT2D eigenvalue weighted by Crippen LogP contribution is 2.42. The molecule has 3 aromatic rings. The highest BCUT2D eigenvalue weighted by Gasteiger charge is 2.40. The van der Waals surface area contributed by atoms with Gasteiger partial charge in [-0.25, -0.2) is 18.3 Å². The molecule has 11 heteroatoms. The maximum atomic E-state index is 14.0. The van der Waals surface area contributed by atoms with Crippen molar-refractivity contribution in [3.05, 3.63) is 47.2 Å². The molecule has 9 nitrogen and oxygen atoms in total. The topological polar surface area (TPSA) is 114 Å². The van der Waals surface area contributed by atoms with E-state index in [0.29, 0.717) is 35.7 Å². The molecule has 3 aromatic heterocycles. The number of fused-ring (bicyclic) bond motifs is 1. The normalized spacial score (nSPS) is 19.3. The predicted octanol–water partition coefficient (Wildman–Crippen LogP) is 4.94. The molecular formula is C27H34F2N6O3. The highest BCUT2D eigenvalue weighted by atomic mass is 19.3. The molecule has 0 aromatic carbocycles. The maximum absolute atomic E-state index is 14.0. The zero-order valence-electron chi connectivity index (χ0n) is 21.8. The molecule has 2 saturated carbocycles. The zero-order valence-corrected chi connectivity index (χ0v) is 21.8. The second-order valence-corrected chi connectivity index (χ2v) is 10.6. The third-order valence-electron chi connectivity index (χ3n) is 7.68. The van der Waals surface area contributed by atoms with Crippen molar-refractivity contribution >= 4 is 17.5 Å². The summed E-state index contributed by atoms with van der Waals surface area (Å²) in [5, 5.41) is 14.4. The number of rotatable bonds is 10. The van der Waals surface area contributed by atoms with Crippen molar-refractivity contribution in [1.82, 2.24) is 30.4 Å². The summed E-state index contributed by atoms with van der Waals surface area (Å²) in [5.74, 6) is -2.84. The molecular weight excluding hydrogens is 494 g/mol. The Labute approximate surface area is 219 Å². The van der Waals surface area contributed by atoms with Gasteiger partial charge in [0.05, 0.1) is 36.4 Å². The number of carbonyl (C=O) groups excluding carboxylic acids is 2. The first-order valence-corrected chi connectivity index (χ1v) is 13.5. The van der Waals surface area contributed by atoms with Crippen LogP contribution in [0.3, 0.4) is 0 Å². The Kier molecular flexibility index (Phi) is 7.45. The molecule has 2 aliphatic rings. The van der Waals surface area contributed by atoms with Crippen LogP contribution in [0.15, 0.2) is 29.2 Å². The summed E-state index contributed by atoms with van der Waals surface area (Å²) in [6, 6.07) is 1.19. The average Bonchev–Trinajstić information content (AvgIpc) is 3.45. The predicted molar refractivity (Wildman–Crippen MR) is 134 cm³/mol. The van der Waals surface area contributed by atoms with Crippen LogP contribution in [0.5, 0.6) is 0 Å². The number of halogens is 2. The van der Waals surface area contributed by atoms with Crippen molar-refractivity contribution in [1.29, 1.82) is 0 Å². The van der Waals surface area contributed by atoms with E-state index in [-0.39, 0.29) is 49.3 Å². The van der Waals surface area contributed by atoms with E-state index in [0.717, 1.165) is 24.8 Å². The van der Waals surface area contributed by atoms with Crippen molar-refractivity contribution in [3.63, 3.8) is 0 Å². The van der Waals surface area contributed by atoms with Gasteiger partial charge in [-0.2, -0.15) is 5.10 Å². The van der Waals surface area contributed by atoms with Crippen LogP contribution in [0, 0.1) is 11.8 Å². The lowest BCUT2D eigenvalue weighted by atomic mass is 9.81. The van der Waals surface area contributed by atoms with Crippen LogP contribution in [-0.2, 0) is 11.2 Å². The molecule has 2 amide bonds. The molecule has 0 spiro atoms. The number of hydrogen-bond acceptors (Lipinski definition) is 6. The number of hydrogen-bond donors (Lipinski definition) is 2. The number of alkyl halides is 2. The van der Waals surface area contributed by atoms with E-state index in [1.807, 2.05) is 19.9 Å². The number of nitrogens with one attached hydrogen (secondary N) is 2. The second-order valence-electron chi connectivity index (χ2n) is 10.6. The second kappa shape index (κ2) is 10.8. The van der Waals surface area contributed by atoms with Gasteiger partial charge in [0.25, 0.3) is 5.91 Å². The van der Waals surface area contributed by atoms with E-state index >= 15 is 0 Å². The van der Waals surface area contributed by atoms with Crippen LogP contribution in [0.4, 0.5) is 8.78 Å². The molecule has 5 rings (SSSR count). The quantitative estimate of drug-likeness (QED) is 0.385. The molecule has 38 heavy (non-hydrogen) atoms. The number of imidazole rings is 1. The molecule has 2 N–H and O–H groups in total. The molecule has 0 saturated heterocycles. The average molecular weight is 529 g/mol. The molecule has 0 aliphatic heterocycles.